The summed E-state index contributed by atoms with van der Waals surface area (Å²) in [4.78, 5) is 17.6. The average Bonchev–Trinajstić information content (AvgIpc) is 3.38. The summed E-state index contributed by atoms with van der Waals surface area (Å²) in [7, 11) is 2.06. The molecule has 1 aliphatic carbocycles. The third-order valence-electron chi connectivity index (χ3n) is 13.1. The monoisotopic (exact) mass is 840 g/mol. The van der Waals surface area contributed by atoms with Gasteiger partial charge in [0.05, 0.1) is 17.6 Å². The Labute approximate surface area is 379 Å². The van der Waals surface area contributed by atoms with Crippen molar-refractivity contribution in [2.45, 2.75) is 24.3 Å². The Balaban J connectivity index is 0.774. The van der Waals surface area contributed by atoms with E-state index in [9.17, 15) is 0 Å². The topological polar surface area (TPSA) is 81.5 Å². The minimum atomic E-state index is -0.235. The molecular formula is C58H46N7+. The number of quaternary nitrogens is 1. The zero-order chi connectivity index (χ0) is 43.3. The van der Waals surface area contributed by atoms with Gasteiger partial charge in [0.2, 0.25) is 0 Å². The summed E-state index contributed by atoms with van der Waals surface area (Å²) in [6.07, 6.45) is 20.1. The Hall–Kier alpha value is -8.13. The van der Waals surface area contributed by atoms with Gasteiger partial charge in [-0.1, -0.05) is 176 Å². The van der Waals surface area contributed by atoms with Crippen LogP contribution in [0, 0.1) is 0 Å². The van der Waals surface area contributed by atoms with Crippen LogP contribution in [0.15, 0.2) is 216 Å². The van der Waals surface area contributed by atoms with Crippen LogP contribution in [-0.2, 0) is 0 Å². The van der Waals surface area contributed by atoms with Crippen LogP contribution in [0.2, 0.25) is 0 Å². The highest BCUT2D eigenvalue weighted by Crippen LogP contribution is 2.39. The second kappa shape index (κ2) is 16.2. The molecule has 0 saturated carbocycles. The van der Waals surface area contributed by atoms with Gasteiger partial charge in [-0.25, -0.2) is 15.0 Å². The summed E-state index contributed by atoms with van der Waals surface area (Å²) in [5.41, 5.74) is 17.0. The zero-order valence-corrected chi connectivity index (χ0v) is 35.9. The van der Waals surface area contributed by atoms with Gasteiger partial charge in [0, 0.05) is 40.4 Å². The molecule has 12 rings (SSSR count). The summed E-state index contributed by atoms with van der Waals surface area (Å²) in [6, 6.07) is 55.9. The fraction of sp³-hybridized carbons (Fsp3) is 0.0862. The molecule has 0 bridgehead atoms. The predicted molar refractivity (Wildman–Crippen MR) is 266 cm³/mol. The number of allylic oxidation sites excluding steroid dienone is 4. The van der Waals surface area contributed by atoms with Gasteiger partial charge in [0.15, 0.2) is 17.7 Å². The minimum Gasteiger partial charge on any atom is -0.374 e. The van der Waals surface area contributed by atoms with Gasteiger partial charge in [-0.3, -0.25) is 0 Å². The van der Waals surface area contributed by atoms with Crippen molar-refractivity contribution in [2.24, 2.45) is 9.98 Å². The highest BCUT2D eigenvalue weighted by molar-refractivity contribution is 6.12. The van der Waals surface area contributed by atoms with E-state index in [4.69, 9.17) is 15.0 Å². The first kappa shape index (κ1) is 38.5. The number of fused-ring (bicyclic) bond motifs is 5. The normalized spacial score (nSPS) is 20.5. The number of hydrogen-bond donors (Lipinski definition) is 3. The molecule has 0 saturated heterocycles. The van der Waals surface area contributed by atoms with Crippen LogP contribution in [0.5, 0.6) is 0 Å². The van der Waals surface area contributed by atoms with Crippen LogP contribution >= 0.6 is 0 Å². The molecule has 6 aromatic carbocycles. The molecular weight excluding hydrogens is 795 g/mol. The average molecular weight is 841 g/mol. The zero-order valence-electron chi connectivity index (χ0n) is 35.9. The van der Waals surface area contributed by atoms with Gasteiger partial charge in [0.1, 0.15) is 23.3 Å². The molecule has 7 aromatic rings. The molecule has 0 amide bonds. The highest BCUT2D eigenvalue weighted by Gasteiger charge is 2.29. The van der Waals surface area contributed by atoms with Gasteiger partial charge in [-0.2, -0.15) is 0 Å². The number of pyridine rings is 1. The second-order valence-electron chi connectivity index (χ2n) is 17.2. The lowest BCUT2D eigenvalue weighted by Crippen LogP contribution is -2.80. The van der Waals surface area contributed by atoms with Crippen molar-refractivity contribution in [1.82, 2.24) is 15.2 Å². The maximum Gasteiger partial charge on any atom is 0.178 e. The lowest BCUT2D eigenvalue weighted by atomic mass is 9.89. The summed E-state index contributed by atoms with van der Waals surface area (Å²) in [5.74, 6) is 1.48. The number of nitrogens with zero attached hydrogens (tertiary/aromatic N) is 4. The van der Waals surface area contributed by atoms with Crippen LogP contribution in [-0.4, -0.2) is 34.6 Å². The third kappa shape index (κ3) is 7.32. The van der Waals surface area contributed by atoms with Crippen molar-refractivity contribution in [3.05, 3.63) is 256 Å². The smallest absolute Gasteiger partial charge is 0.178 e. The van der Waals surface area contributed by atoms with Crippen molar-refractivity contribution < 1.29 is 5.32 Å². The van der Waals surface area contributed by atoms with E-state index < -0.39 is 0 Å². The Morgan fingerprint density at radius 3 is 2.12 bits per heavy atom. The Bertz CT molecular complexity index is 3250. The van der Waals surface area contributed by atoms with E-state index >= 15 is 0 Å². The number of dihydropyridines is 1. The summed E-state index contributed by atoms with van der Waals surface area (Å²) in [5, 5.41) is 11.2. The maximum atomic E-state index is 5.19. The Morgan fingerprint density at radius 1 is 0.585 bits per heavy atom. The fourth-order valence-corrected chi connectivity index (χ4v) is 9.59. The standard InChI is InChI=1S/C58H45N7/c1-65-57(44-13-7-3-8-14-44)63-56(64-58(65)45-15-9-4-10-16-45)51-34-28-41-22-26-47(36-53(41)60-51)50-31-27-40-21-25-46(35-52(40)59-50)37-17-19-39(20-18-37)49-33-30-43-24-23-42-29-32-48(38-11-5-2-6-12-38)61-54(42)55(43)62-49/h2-36,48-49,52,57,59,61-62H,1H3/p+1. The van der Waals surface area contributed by atoms with Crippen LogP contribution in [0.3, 0.4) is 0 Å². The molecule has 4 N–H and O–H groups in total. The number of aliphatic imine (C=N–C) groups is 2. The lowest BCUT2D eigenvalue weighted by Gasteiger charge is -2.32. The number of nitrogens with two attached hydrogens (primary N) is 1. The molecule has 65 heavy (non-hydrogen) atoms. The lowest BCUT2D eigenvalue weighted by molar-refractivity contribution is -0.606. The molecule has 4 aliphatic heterocycles. The van der Waals surface area contributed by atoms with E-state index in [0.717, 1.165) is 44.8 Å². The van der Waals surface area contributed by atoms with E-state index in [2.05, 4.69) is 210 Å². The molecule has 5 heterocycles. The maximum absolute atomic E-state index is 5.19. The number of benzene rings is 6. The molecule has 4 atom stereocenters. The minimum absolute atomic E-state index is 0.0366. The van der Waals surface area contributed by atoms with E-state index in [1.54, 1.807) is 0 Å². The molecule has 1 aromatic heterocycles. The number of amidine groups is 2. The second-order valence-corrected chi connectivity index (χ2v) is 17.2. The molecule has 0 radical (unpaired) electrons. The Morgan fingerprint density at radius 2 is 1.31 bits per heavy atom. The van der Waals surface area contributed by atoms with Crippen LogP contribution in [0.25, 0.3) is 34.3 Å². The Kier molecular flexibility index (Phi) is 9.61. The molecule has 7 heteroatoms. The van der Waals surface area contributed by atoms with Crippen molar-refractivity contribution in [1.29, 1.82) is 0 Å². The molecule has 0 fully saturated rings. The van der Waals surface area contributed by atoms with Gasteiger partial charge in [-0.15, -0.1) is 0 Å². The van der Waals surface area contributed by atoms with Crippen molar-refractivity contribution in [3.63, 3.8) is 0 Å². The first-order valence-electron chi connectivity index (χ1n) is 22.4. The number of nitrogens with one attached hydrogen (secondary N) is 2. The van der Waals surface area contributed by atoms with E-state index in [-0.39, 0.29) is 24.3 Å². The van der Waals surface area contributed by atoms with Crippen LogP contribution in [0.1, 0.15) is 68.5 Å². The van der Waals surface area contributed by atoms with Crippen LogP contribution in [0.4, 0.5) is 11.4 Å². The summed E-state index contributed by atoms with van der Waals surface area (Å²) in [6.45, 7) is 0. The predicted octanol–water partition coefficient (Wildman–Crippen LogP) is 11.1. The number of rotatable bonds is 7. The SMILES string of the molecule is CN1C(c2ccccc2)=NC(c2ccc3ccc(C4=CC=C5C=CC(c6ccc(C7C=Cc8ccc9c(c8N7)[NH2+]C(c7ccccc7)C=C9)cc6)=CC5N4)cc3n2)=NC1c1ccccc1. The largest absolute Gasteiger partial charge is 0.374 e. The van der Waals surface area contributed by atoms with Crippen molar-refractivity contribution >= 4 is 57.4 Å². The highest BCUT2D eigenvalue weighted by atomic mass is 15.3. The number of hydrogen-bond acceptors (Lipinski definition) is 6. The van der Waals surface area contributed by atoms with Gasteiger partial charge in [0.25, 0.3) is 0 Å². The van der Waals surface area contributed by atoms with Gasteiger partial charge in [-0.05, 0) is 69.8 Å². The molecule has 312 valence electrons. The van der Waals surface area contributed by atoms with Gasteiger partial charge >= 0.3 is 0 Å². The first-order chi connectivity index (χ1) is 32.1. The molecule has 4 unspecified atom stereocenters. The summed E-state index contributed by atoms with van der Waals surface area (Å²) < 4.78 is 0. The van der Waals surface area contributed by atoms with E-state index in [1.807, 2.05) is 30.3 Å². The molecule has 0 spiro atoms. The van der Waals surface area contributed by atoms with Gasteiger partial charge < -0.3 is 20.9 Å². The quantitative estimate of drug-likeness (QED) is 0.140. The van der Waals surface area contributed by atoms with Crippen molar-refractivity contribution in [3.8, 4) is 0 Å². The molecule has 5 aliphatic rings. The van der Waals surface area contributed by atoms with Crippen molar-refractivity contribution in [2.75, 3.05) is 12.4 Å². The third-order valence-corrected chi connectivity index (χ3v) is 13.1. The fourth-order valence-electron chi connectivity index (χ4n) is 9.59. The summed E-state index contributed by atoms with van der Waals surface area (Å²) >= 11 is 0. The van der Waals surface area contributed by atoms with E-state index in [0.29, 0.717) is 5.84 Å². The first-order valence-corrected chi connectivity index (χ1v) is 22.4. The van der Waals surface area contributed by atoms with E-state index in [1.165, 1.54) is 50.3 Å². The molecule has 7 nitrogen and oxygen atoms in total. The number of aromatic nitrogens is 1. The van der Waals surface area contributed by atoms with Crippen LogP contribution < -0.4 is 16.0 Å². The number of anilines is 1.